The Morgan fingerprint density at radius 1 is 1.33 bits per heavy atom. The number of benzene rings is 1. The molecule has 6 nitrogen and oxygen atoms in total. The maximum Gasteiger partial charge on any atom is 0.245 e. The molecule has 0 bridgehead atoms. The molecule has 0 saturated carbocycles. The molecule has 0 atom stereocenters. The van der Waals surface area contributed by atoms with E-state index in [-0.39, 0.29) is 18.4 Å². The first-order valence-electron chi connectivity index (χ1n) is 7.14. The smallest absolute Gasteiger partial charge is 0.245 e. The quantitative estimate of drug-likeness (QED) is 0.860. The summed E-state index contributed by atoms with van der Waals surface area (Å²) in [5, 5.41) is 7.91. The molecule has 0 spiro atoms. The lowest BCUT2D eigenvalue weighted by Gasteiger charge is -2.15. The fraction of sp³-hybridized carbons (Fsp3) is 0.267. The summed E-state index contributed by atoms with van der Waals surface area (Å²) in [6.45, 7) is 0.412. The summed E-state index contributed by atoms with van der Waals surface area (Å²) in [6.07, 6.45) is 1.59. The summed E-state index contributed by atoms with van der Waals surface area (Å²) in [7, 11) is 0. The number of rotatable bonds is 5. The van der Waals surface area contributed by atoms with Gasteiger partial charge in [-0.25, -0.2) is 4.68 Å². The minimum Gasteiger partial charge on any atom is -0.323 e. The van der Waals surface area contributed by atoms with E-state index in [1.165, 1.54) is 16.7 Å². The second-order valence-corrected chi connectivity index (χ2v) is 6.94. The molecule has 9 heteroatoms. The number of anilines is 1. The van der Waals surface area contributed by atoms with Crippen molar-refractivity contribution in [2.45, 2.75) is 6.54 Å². The highest BCUT2D eigenvalue weighted by atomic mass is 35.5. The molecule has 1 aliphatic heterocycles. The van der Waals surface area contributed by atoms with Crippen LogP contribution in [0.2, 0.25) is 10.0 Å². The van der Waals surface area contributed by atoms with Crippen molar-refractivity contribution in [3.63, 3.8) is 0 Å². The van der Waals surface area contributed by atoms with Gasteiger partial charge in [0, 0.05) is 6.07 Å². The van der Waals surface area contributed by atoms with Gasteiger partial charge in [-0.1, -0.05) is 35.3 Å². The van der Waals surface area contributed by atoms with E-state index in [0.29, 0.717) is 34.0 Å². The molecule has 1 fully saturated rings. The maximum atomic E-state index is 12.1. The van der Waals surface area contributed by atoms with Gasteiger partial charge in [0.1, 0.15) is 12.4 Å². The number of carbonyl (C=O) groups is 2. The van der Waals surface area contributed by atoms with Gasteiger partial charge in [0.25, 0.3) is 0 Å². The molecule has 2 aromatic rings. The Kier molecular flexibility index (Phi) is 5.33. The van der Waals surface area contributed by atoms with Crippen molar-refractivity contribution in [3.8, 4) is 0 Å². The van der Waals surface area contributed by atoms with E-state index in [4.69, 9.17) is 23.2 Å². The molecule has 1 saturated heterocycles. The van der Waals surface area contributed by atoms with E-state index in [0.717, 1.165) is 5.56 Å². The summed E-state index contributed by atoms with van der Waals surface area (Å²) in [5.41, 5.74) is 0.800. The molecule has 1 aromatic carbocycles. The lowest BCUT2D eigenvalue weighted by molar-refractivity contribution is -0.130. The Morgan fingerprint density at radius 3 is 2.92 bits per heavy atom. The molecule has 24 heavy (non-hydrogen) atoms. The number of hydrogen-bond acceptors (Lipinski definition) is 4. The number of nitrogens with one attached hydrogen (secondary N) is 1. The standard InChI is InChI=1S/C15H14Cl2N4O2S/c16-11-3-1-2-10(15(11)17)6-21-12(4-5-18-21)19-13(22)7-20-9-24-8-14(20)23/h1-5H,6-9H2,(H,19,22). The first-order chi connectivity index (χ1) is 11.5. The van der Waals surface area contributed by atoms with E-state index in [2.05, 4.69) is 10.4 Å². The molecule has 1 aliphatic rings. The number of halogens is 2. The third kappa shape index (κ3) is 3.85. The van der Waals surface area contributed by atoms with E-state index >= 15 is 0 Å². The third-order valence-corrected chi connectivity index (χ3v) is 5.30. The zero-order chi connectivity index (χ0) is 17.1. The Morgan fingerprint density at radius 2 is 2.17 bits per heavy atom. The van der Waals surface area contributed by atoms with E-state index < -0.39 is 0 Å². The van der Waals surface area contributed by atoms with Crippen molar-refractivity contribution in [1.82, 2.24) is 14.7 Å². The second-order valence-electron chi connectivity index (χ2n) is 5.20. The van der Waals surface area contributed by atoms with Crippen LogP contribution in [0.15, 0.2) is 30.5 Å². The minimum atomic E-state index is -0.259. The number of nitrogens with zero attached hydrogens (tertiary/aromatic N) is 3. The summed E-state index contributed by atoms with van der Waals surface area (Å²) in [4.78, 5) is 25.2. The van der Waals surface area contributed by atoms with Crippen LogP contribution in [0.25, 0.3) is 0 Å². The number of aromatic nitrogens is 2. The largest absolute Gasteiger partial charge is 0.323 e. The van der Waals surface area contributed by atoms with Crippen LogP contribution in [0.3, 0.4) is 0 Å². The van der Waals surface area contributed by atoms with Crippen LogP contribution < -0.4 is 5.32 Å². The van der Waals surface area contributed by atoms with Gasteiger partial charge in [0.05, 0.1) is 34.4 Å². The van der Waals surface area contributed by atoms with Gasteiger partial charge in [0.2, 0.25) is 11.8 Å². The molecule has 0 unspecified atom stereocenters. The number of amides is 2. The highest BCUT2D eigenvalue weighted by Gasteiger charge is 2.23. The monoisotopic (exact) mass is 384 g/mol. The van der Waals surface area contributed by atoms with Gasteiger partial charge >= 0.3 is 0 Å². The summed E-state index contributed by atoms with van der Waals surface area (Å²) >= 11 is 13.7. The van der Waals surface area contributed by atoms with E-state index in [1.807, 2.05) is 12.1 Å². The predicted octanol–water partition coefficient (Wildman–Crippen LogP) is 2.71. The van der Waals surface area contributed by atoms with Crippen LogP contribution in [-0.4, -0.2) is 44.7 Å². The molecule has 2 amide bonds. The van der Waals surface area contributed by atoms with E-state index in [1.54, 1.807) is 23.0 Å². The van der Waals surface area contributed by atoms with Gasteiger partial charge in [-0.05, 0) is 11.6 Å². The van der Waals surface area contributed by atoms with Crippen molar-refractivity contribution in [3.05, 3.63) is 46.1 Å². The van der Waals surface area contributed by atoms with E-state index in [9.17, 15) is 9.59 Å². The lowest BCUT2D eigenvalue weighted by atomic mass is 10.2. The molecule has 3 rings (SSSR count). The van der Waals surface area contributed by atoms with Crippen molar-refractivity contribution in [2.24, 2.45) is 0 Å². The summed E-state index contributed by atoms with van der Waals surface area (Å²) in [6, 6.07) is 7.06. The molecule has 2 heterocycles. The first-order valence-corrected chi connectivity index (χ1v) is 9.05. The highest BCUT2D eigenvalue weighted by molar-refractivity contribution is 8.00. The summed E-state index contributed by atoms with van der Waals surface area (Å²) in [5.74, 6) is 1.23. The van der Waals surface area contributed by atoms with Crippen LogP contribution in [0, 0.1) is 0 Å². The molecule has 0 radical (unpaired) electrons. The number of thioether (sulfide) groups is 1. The first kappa shape index (κ1) is 17.1. The van der Waals surface area contributed by atoms with Gasteiger partial charge < -0.3 is 10.2 Å². The molecule has 126 valence electrons. The molecular weight excluding hydrogens is 371 g/mol. The summed E-state index contributed by atoms with van der Waals surface area (Å²) < 4.78 is 1.62. The average molecular weight is 385 g/mol. The Balaban J connectivity index is 1.68. The SMILES string of the molecule is O=C(CN1CSCC1=O)Nc1ccnn1Cc1cccc(Cl)c1Cl. The van der Waals surface area contributed by atoms with Gasteiger partial charge in [-0.15, -0.1) is 11.8 Å². The predicted molar refractivity (Wildman–Crippen MR) is 95.5 cm³/mol. The van der Waals surface area contributed by atoms with Crippen LogP contribution >= 0.6 is 35.0 Å². The molecule has 0 aliphatic carbocycles. The van der Waals surface area contributed by atoms with Crippen LogP contribution in [0.4, 0.5) is 5.82 Å². The molecule has 1 N–H and O–H groups in total. The topological polar surface area (TPSA) is 67.2 Å². The Bertz CT molecular complexity index is 781. The molecular formula is C15H14Cl2N4O2S. The zero-order valence-electron chi connectivity index (χ0n) is 12.5. The fourth-order valence-corrected chi connectivity index (χ4v) is 3.58. The van der Waals surface area contributed by atoms with Crippen molar-refractivity contribution < 1.29 is 9.59 Å². The minimum absolute atomic E-state index is 0.0191. The second kappa shape index (κ2) is 7.46. The number of hydrogen-bond donors (Lipinski definition) is 1. The van der Waals surface area contributed by atoms with Crippen LogP contribution in [-0.2, 0) is 16.1 Å². The Labute approximate surface area is 153 Å². The van der Waals surface area contributed by atoms with Gasteiger partial charge in [-0.3, -0.25) is 9.59 Å². The maximum absolute atomic E-state index is 12.1. The number of carbonyl (C=O) groups excluding carboxylic acids is 2. The van der Waals surface area contributed by atoms with Crippen molar-refractivity contribution in [2.75, 3.05) is 23.5 Å². The van der Waals surface area contributed by atoms with Crippen LogP contribution in [0.1, 0.15) is 5.56 Å². The lowest BCUT2D eigenvalue weighted by Crippen LogP contribution is -2.34. The van der Waals surface area contributed by atoms with Gasteiger partial charge in [0.15, 0.2) is 0 Å². The normalized spacial score (nSPS) is 14.2. The van der Waals surface area contributed by atoms with Crippen molar-refractivity contribution >= 4 is 52.6 Å². The average Bonchev–Trinajstić information content (AvgIpc) is 3.14. The van der Waals surface area contributed by atoms with Crippen molar-refractivity contribution in [1.29, 1.82) is 0 Å². The third-order valence-electron chi connectivity index (χ3n) is 3.50. The highest BCUT2D eigenvalue weighted by Crippen LogP contribution is 2.26. The molecule has 1 aromatic heterocycles. The van der Waals surface area contributed by atoms with Crippen LogP contribution in [0.5, 0.6) is 0 Å². The zero-order valence-corrected chi connectivity index (χ0v) is 14.9. The van der Waals surface area contributed by atoms with Gasteiger partial charge in [-0.2, -0.15) is 5.10 Å². The fourth-order valence-electron chi connectivity index (χ4n) is 2.29. The Hall–Kier alpha value is -1.70.